The van der Waals surface area contributed by atoms with Crippen molar-refractivity contribution in [2.45, 2.75) is 59.0 Å². The molecule has 0 unspecified atom stereocenters. The first-order valence-corrected chi connectivity index (χ1v) is 8.49. The van der Waals surface area contributed by atoms with Gasteiger partial charge in [0.05, 0.1) is 24.4 Å². The van der Waals surface area contributed by atoms with Crippen molar-refractivity contribution in [1.82, 2.24) is 0 Å². The number of carbonyl (C=O) groups is 2. The van der Waals surface area contributed by atoms with E-state index in [0.717, 1.165) is 25.7 Å². The lowest BCUT2D eigenvalue weighted by atomic mass is 10.1. The zero-order valence-corrected chi connectivity index (χ0v) is 14.8. The van der Waals surface area contributed by atoms with Gasteiger partial charge in [0.1, 0.15) is 6.61 Å². The van der Waals surface area contributed by atoms with Crippen LogP contribution in [0.3, 0.4) is 0 Å². The van der Waals surface area contributed by atoms with Gasteiger partial charge in [-0.25, -0.2) is 0 Å². The summed E-state index contributed by atoms with van der Waals surface area (Å²) in [4.78, 5) is 33.5. The lowest BCUT2D eigenvalue weighted by molar-refractivity contribution is -0.385. The molecule has 138 valence electrons. The average molecular weight is 351 g/mol. The molecular formula is C18H25NO6. The summed E-state index contributed by atoms with van der Waals surface area (Å²) in [7, 11) is 0. The first kappa shape index (κ1) is 20.6. The standard InChI is InChI=1S/C18H25NO6/c1-3-4-5-6-11-24-17(20)9-10-18(21)25-13-15-7-8-16(19(22)23)14(2)12-15/h7-8,12H,3-6,9-11,13H2,1-2H3. The number of aryl methyl sites for hydroxylation is 1. The maximum Gasteiger partial charge on any atom is 0.306 e. The predicted octanol–water partition coefficient (Wildman–Crippen LogP) is 3.85. The number of nitrogens with zero attached hydrogens (tertiary/aromatic N) is 1. The van der Waals surface area contributed by atoms with Crippen LogP contribution in [0.1, 0.15) is 56.6 Å². The van der Waals surface area contributed by atoms with Gasteiger partial charge in [0.25, 0.3) is 5.69 Å². The summed E-state index contributed by atoms with van der Waals surface area (Å²) in [5, 5.41) is 10.8. The molecule has 1 aromatic rings. The molecule has 0 atom stereocenters. The summed E-state index contributed by atoms with van der Waals surface area (Å²) in [5.41, 5.74) is 1.19. The molecule has 25 heavy (non-hydrogen) atoms. The number of benzene rings is 1. The number of nitro groups is 1. The van der Waals surface area contributed by atoms with E-state index < -0.39 is 16.9 Å². The van der Waals surface area contributed by atoms with Gasteiger partial charge in [-0.05, 0) is 31.0 Å². The van der Waals surface area contributed by atoms with Gasteiger partial charge in [-0.15, -0.1) is 0 Å². The van der Waals surface area contributed by atoms with Gasteiger partial charge in [0.2, 0.25) is 0 Å². The molecule has 7 nitrogen and oxygen atoms in total. The van der Waals surface area contributed by atoms with Crippen LogP contribution in [0.4, 0.5) is 5.69 Å². The number of esters is 2. The van der Waals surface area contributed by atoms with E-state index in [1.54, 1.807) is 19.1 Å². The summed E-state index contributed by atoms with van der Waals surface area (Å²) in [6.07, 6.45) is 4.05. The molecule has 0 saturated carbocycles. The highest BCUT2D eigenvalue weighted by Crippen LogP contribution is 2.19. The maximum atomic E-state index is 11.7. The van der Waals surface area contributed by atoms with Crippen LogP contribution in [0, 0.1) is 17.0 Å². The van der Waals surface area contributed by atoms with E-state index >= 15 is 0 Å². The maximum absolute atomic E-state index is 11.7. The van der Waals surface area contributed by atoms with Crippen molar-refractivity contribution in [2.75, 3.05) is 6.61 Å². The van der Waals surface area contributed by atoms with Crippen LogP contribution in [0.25, 0.3) is 0 Å². The molecule has 0 aromatic heterocycles. The molecule has 0 heterocycles. The molecule has 0 saturated heterocycles. The Balaban J connectivity index is 2.25. The molecule has 1 aromatic carbocycles. The van der Waals surface area contributed by atoms with Gasteiger partial charge in [-0.3, -0.25) is 19.7 Å². The lowest BCUT2D eigenvalue weighted by Gasteiger charge is -2.07. The topological polar surface area (TPSA) is 95.7 Å². The Morgan fingerprint density at radius 2 is 1.76 bits per heavy atom. The molecule has 0 N–H and O–H groups in total. The monoisotopic (exact) mass is 351 g/mol. The fourth-order valence-electron chi connectivity index (χ4n) is 2.24. The summed E-state index contributed by atoms with van der Waals surface area (Å²) >= 11 is 0. The molecule has 0 fully saturated rings. The molecule has 0 radical (unpaired) electrons. The number of nitro benzene ring substituents is 1. The molecule has 0 amide bonds. The van der Waals surface area contributed by atoms with Crippen LogP contribution in [-0.4, -0.2) is 23.5 Å². The quantitative estimate of drug-likeness (QED) is 0.260. The fourth-order valence-corrected chi connectivity index (χ4v) is 2.24. The van der Waals surface area contributed by atoms with Crippen LogP contribution in [0.2, 0.25) is 0 Å². The van der Waals surface area contributed by atoms with Gasteiger partial charge in [0.15, 0.2) is 0 Å². The molecule has 7 heteroatoms. The third-order valence-corrected chi connectivity index (χ3v) is 3.65. The highest BCUT2D eigenvalue weighted by atomic mass is 16.6. The van der Waals surface area contributed by atoms with Crippen LogP contribution < -0.4 is 0 Å². The first-order valence-electron chi connectivity index (χ1n) is 8.49. The van der Waals surface area contributed by atoms with Crippen molar-refractivity contribution in [1.29, 1.82) is 0 Å². The Morgan fingerprint density at radius 1 is 1.08 bits per heavy atom. The first-order chi connectivity index (χ1) is 11.9. The van der Waals surface area contributed by atoms with Crippen molar-refractivity contribution in [3.8, 4) is 0 Å². The van der Waals surface area contributed by atoms with Gasteiger partial charge in [-0.2, -0.15) is 0 Å². The van der Waals surface area contributed by atoms with E-state index in [0.29, 0.717) is 17.7 Å². The van der Waals surface area contributed by atoms with Gasteiger partial charge >= 0.3 is 11.9 Å². The van der Waals surface area contributed by atoms with Crippen molar-refractivity contribution >= 4 is 17.6 Å². The lowest BCUT2D eigenvalue weighted by Crippen LogP contribution is -2.11. The number of hydrogen-bond donors (Lipinski definition) is 0. The Kier molecular flexibility index (Phi) is 9.21. The Morgan fingerprint density at radius 3 is 2.36 bits per heavy atom. The van der Waals surface area contributed by atoms with Gasteiger partial charge in [0, 0.05) is 11.6 Å². The molecule has 1 rings (SSSR count). The van der Waals surface area contributed by atoms with Gasteiger partial charge in [-0.1, -0.05) is 26.2 Å². The minimum Gasteiger partial charge on any atom is -0.466 e. The number of rotatable bonds is 11. The minimum atomic E-state index is -0.501. The molecule has 0 aliphatic carbocycles. The molecule has 0 aliphatic heterocycles. The third kappa shape index (κ3) is 8.28. The zero-order chi connectivity index (χ0) is 18.7. The highest BCUT2D eigenvalue weighted by molar-refractivity contribution is 5.77. The third-order valence-electron chi connectivity index (χ3n) is 3.65. The Bertz CT molecular complexity index is 599. The number of hydrogen-bond acceptors (Lipinski definition) is 6. The molecule has 0 aliphatic rings. The van der Waals surface area contributed by atoms with E-state index in [-0.39, 0.29) is 25.1 Å². The number of ether oxygens (including phenoxy) is 2. The molecular weight excluding hydrogens is 326 g/mol. The average Bonchev–Trinajstić information content (AvgIpc) is 2.57. The summed E-state index contributed by atoms with van der Waals surface area (Å²) in [5.74, 6) is -0.904. The predicted molar refractivity (Wildman–Crippen MR) is 92.0 cm³/mol. The van der Waals surface area contributed by atoms with Crippen LogP contribution in [0.15, 0.2) is 18.2 Å². The summed E-state index contributed by atoms with van der Waals surface area (Å²) < 4.78 is 10.1. The molecule has 0 spiro atoms. The van der Waals surface area contributed by atoms with Crippen molar-refractivity contribution < 1.29 is 24.0 Å². The van der Waals surface area contributed by atoms with E-state index in [9.17, 15) is 19.7 Å². The van der Waals surface area contributed by atoms with E-state index in [4.69, 9.17) is 9.47 Å². The minimum absolute atomic E-state index is 0.00804. The number of unbranched alkanes of at least 4 members (excludes halogenated alkanes) is 3. The largest absolute Gasteiger partial charge is 0.466 e. The molecule has 0 bridgehead atoms. The summed E-state index contributed by atoms with van der Waals surface area (Å²) in [6.45, 7) is 4.13. The zero-order valence-electron chi connectivity index (χ0n) is 14.8. The second-order valence-corrected chi connectivity index (χ2v) is 5.82. The van der Waals surface area contributed by atoms with E-state index in [1.807, 2.05) is 0 Å². The smallest absolute Gasteiger partial charge is 0.306 e. The van der Waals surface area contributed by atoms with E-state index in [2.05, 4.69) is 6.92 Å². The van der Waals surface area contributed by atoms with Crippen LogP contribution in [0.5, 0.6) is 0 Å². The Labute approximate surface area is 147 Å². The van der Waals surface area contributed by atoms with Crippen molar-refractivity contribution in [3.63, 3.8) is 0 Å². The van der Waals surface area contributed by atoms with Crippen molar-refractivity contribution in [2.24, 2.45) is 0 Å². The van der Waals surface area contributed by atoms with Crippen molar-refractivity contribution in [3.05, 3.63) is 39.4 Å². The number of carbonyl (C=O) groups excluding carboxylic acids is 2. The van der Waals surface area contributed by atoms with Crippen LogP contribution >= 0.6 is 0 Å². The Hall–Kier alpha value is -2.44. The normalized spacial score (nSPS) is 10.3. The SMILES string of the molecule is CCCCCCOC(=O)CCC(=O)OCc1ccc([N+](=O)[O-])c(C)c1. The van der Waals surface area contributed by atoms with Gasteiger partial charge < -0.3 is 9.47 Å². The highest BCUT2D eigenvalue weighted by Gasteiger charge is 2.12. The summed E-state index contributed by atoms with van der Waals surface area (Å²) in [6, 6.07) is 4.54. The second kappa shape index (κ2) is 11.2. The van der Waals surface area contributed by atoms with Crippen LogP contribution in [-0.2, 0) is 25.7 Å². The fraction of sp³-hybridized carbons (Fsp3) is 0.556. The van der Waals surface area contributed by atoms with E-state index in [1.165, 1.54) is 6.07 Å². The second-order valence-electron chi connectivity index (χ2n) is 5.82.